The maximum atomic E-state index is 11.9. The van der Waals surface area contributed by atoms with E-state index < -0.39 is 0 Å². The van der Waals surface area contributed by atoms with Crippen LogP contribution in [0.15, 0.2) is 4.99 Å². The van der Waals surface area contributed by atoms with Gasteiger partial charge in [-0.3, -0.25) is 4.79 Å². The zero-order valence-electron chi connectivity index (χ0n) is 11.5. The summed E-state index contributed by atoms with van der Waals surface area (Å²) in [6, 6.07) is 0. The summed E-state index contributed by atoms with van der Waals surface area (Å²) in [6.45, 7) is 5.12. The van der Waals surface area contributed by atoms with Gasteiger partial charge in [-0.25, -0.2) is 0 Å². The fourth-order valence-electron chi connectivity index (χ4n) is 2.82. The van der Waals surface area contributed by atoms with Crippen molar-refractivity contribution in [2.24, 2.45) is 10.9 Å². The van der Waals surface area contributed by atoms with Crippen molar-refractivity contribution >= 4 is 22.8 Å². The van der Waals surface area contributed by atoms with E-state index in [0.29, 0.717) is 0 Å². The van der Waals surface area contributed by atoms with Crippen LogP contribution < -0.4 is 5.32 Å². The van der Waals surface area contributed by atoms with Gasteiger partial charge in [-0.15, -0.1) is 0 Å². The lowest BCUT2D eigenvalue weighted by Crippen LogP contribution is -2.30. The van der Waals surface area contributed by atoms with Gasteiger partial charge in [0, 0.05) is 6.54 Å². The number of amides is 1. The molecule has 2 aliphatic rings. The number of amidine groups is 1. The van der Waals surface area contributed by atoms with Crippen molar-refractivity contribution < 1.29 is 4.79 Å². The fraction of sp³-hybridized carbons (Fsp3) is 0.857. The SMILES string of the molecule is CCCC1(C)SC(NCC2CCCCC2)=NC1=O. The molecule has 0 aromatic rings. The molecule has 0 bridgehead atoms. The monoisotopic (exact) mass is 268 g/mol. The van der Waals surface area contributed by atoms with Crippen LogP contribution in [-0.4, -0.2) is 22.4 Å². The summed E-state index contributed by atoms with van der Waals surface area (Å²) in [4.78, 5) is 16.1. The molecule has 0 aromatic heterocycles. The summed E-state index contributed by atoms with van der Waals surface area (Å²) >= 11 is 1.62. The average Bonchev–Trinajstić information content (AvgIpc) is 2.64. The minimum absolute atomic E-state index is 0.0421. The van der Waals surface area contributed by atoms with Crippen LogP contribution in [0.2, 0.25) is 0 Å². The maximum absolute atomic E-state index is 11.9. The minimum atomic E-state index is -0.316. The Morgan fingerprint density at radius 3 is 2.78 bits per heavy atom. The Morgan fingerprint density at radius 2 is 2.11 bits per heavy atom. The molecule has 1 fully saturated rings. The second kappa shape index (κ2) is 6.09. The second-order valence-electron chi connectivity index (χ2n) is 5.69. The van der Waals surface area contributed by atoms with Gasteiger partial charge in [0.15, 0.2) is 5.17 Å². The molecule has 0 radical (unpaired) electrons. The van der Waals surface area contributed by atoms with Gasteiger partial charge in [-0.05, 0) is 32.1 Å². The van der Waals surface area contributed by atoms with Crippen LogP contribution in [0.3, 0.4) is 0 Å². The quantitative estimate of drug-likeness (QED) is 0.850. The van der Waals surface area contributed by atoms with Crippen LogP contribution in [0.25, 0.3) is 0 Å². The Morgan fingerprint density at radius 1 is 1.39 bits per heavy atom. The molecule has 1 saturated carbocycles. The molecule has 0 spiro atoms. The maximum Gasteiger partial charge on any atom is 0.264 e. The molecule has 1 heterocycles. The van der Waals surface area contributed by atoms with Crippen molar-refractivity contribution in [2.75, 3.05) is 6.54 Å². The topological polar surface area (TPSA) is 41.5 Å². The Bertz CT molecular complexity index is 337. The number of hydrogen-bond acceptors (Lipinski definition) is 3. The smallest absolute Gasteiger partial charge is 0.264 e. The third-order valence-corrected chi connectivity index (χ3v) is 5.23. The number of thioether (sulfide) groups is 1. The number of hydrogen-bond donors (Lipinski definition) is 1. The molecule has 18 heavy (non-hydrogen) atoms. The summed E-state index contributed by atoms with van der Waals surface area (Å²) in [5.74, 6) is 0.815. The summed E-state index contributed by atoms with van der Waals surface area (Å²) in [5.41, 5.74) is 0. The first-order chi connectivity index (χ1) is 8.64. The van der Waals surface area contributed by atoms with E-state index in [9.17, 15) is 4.79 Å². The lowest BCUT2D eigenvalue weighted by Gasteiger charge is -2.23. The summed E-state index contributed by atoms with van der Waals surface area (Å²) in [6.07, 6.45) is 8.70. The number of nitrogens with zero attached hydrogens (tertiary/aromatic N) is 1. The lowest BCUT2D eigenvalue weighted by molar-refractivity contribution is -0.119. The van der Waals surface area contributed by atoms with E-state index in [0.717, 1.165) is 30.5 Å². The molecular weight excluding hydrogens is 244 g/mol. The van der Waals surface area contributed by atoms with Crippen LogP contribution in [0.1, 0.15) is 58.8 Å². The zero-order valence-corrected chi connectivity index (χ0v) is 12.3. The highest BCUT2D eigenvalue weighted by atomic mass is 32.2. The van der Waals surface area contributed by atoms with Gasteiger partial charge in [-0.2, -0.15) is 4.99 Å². The van der Waals surface area contributed by atoms with Gasteiger partial charge in [-0.1, -0.05) is 44.4 Å². The van der Waals surface area contributed by atoms with Gasteiger partial charge in [0.1, 0.15) is 4.75 Å². The fourth-order valence-corrected chi connectivity index (χ4v) is 3.97. The van der Waals surface area contributed by atoms with Crippen molar-refractivity contribution in [3.63, 3.8) is 0 Å². The largest absolute Gasteiger partial charge is 0.364 e. The van der Waals surface area contributed by atoms with E-state index in [4.69, 9.17) is 0 Å². The highest BCUT2D eigenvalue weighted by Gasteiger charge is 2.40. The molecule has 1 N–H and O–H groups in total. The Hall–Kier alpha value is -0.510. The number of carbonyl (C=O) groups is 1. The van der Waals surface area contributed by atoms with Crippen molar-refractivity contribution in [3.05, 3.63) is 0 Å². The predicted molar refractivity (Wildman–Crippen MR) is 77.9 cm³/mol. The number of aliphatic imine (C=N–C) groups is 1. The molecule has 102 valence electrons. The molecule has 0 aromatic carbocycles. The molecule has 1 unspecified atom stereocenters. The van der Waals surface area contributed by atoms with E-state index in [2.05, 4.69) is 17.2 Å². The Kier molecular flexibility index (Phi) is 4.71. The van der Waals surface area contributed by atoms with Crippen molar-refractivity contribution in [1.82, 2.24) is 5.32 Å². The van der Waals surface area contributed by atoms with Gasteiger partial charge >= 0.3 is 0 Å². The third-order valence-electron chi connectivity index (χ3n) is 3.97. The summed E-state index contributed by atoms with van der Waals surface area (Å²) in [5, 5.41) is 4.24. The molecular formula is C14H24N2OS. The Balaban J connectivity index is 1.80. The van der Waals surface area contributed by atoms with Gasteiger partial charge in [0.2, 0.25) is 0 Å². The molecule has 1 atom stereocenters. The number of rotatable bonds is 4. The van der Waals surface area contributed by atoms with Crippen LogP contribution in [0.4, 0.5) is 0 Å². The van der Waals surface area contributed by atoms with Crippen LogP contribution in [0, 0.1) is 5.92 Å². The molecule has 0 saturated heterocycles. The summed E-state index contributed by atoms with van der Waals surface area (Å²) < 4.78 is -0.316. The van der Waals surface area contributed by atoms with E-state index in [-0.39, 0.29) is 10.7 Å². The standard InChI is InChI=1S/C14H24N2OS/c1-3-9-14(2)12(17)16-13(18-14)15-10-11-7-5-4-6-8-11/h11H,3-10H2,1-2H3,(H,15,16,17). The lowest BCUT2D eigenvalue weighted by atomic mass is 9.89. The van der Waals surface area contributed by atoms with Crippen molar-refractivity contribution in [2.45, 2.75) is 63.5 Å². The van der Waals surface area contributed by atoms with Crippen LogP contribution >= 0.6 is 11.8 Å². The van der Waals surface area contributed by atoms with E-state index in [1.165, 1.54) is 32.1 Å². The molecule has 3 nitrogen and oxygen atoms in total. The Labute approximate surface area is 114 Å². The van der Waals surface area contributed by atoms with Crippen LogP contribution in [0.5, 0.6) is 0 Å². The second-order valence-corrected chi connectivity index (χ2v) is 7.18. The van der Waals surface area contributed by atoms with Crippen LogP contribution in [-0.2, 0) is 4.79 Å². The van der Waals surface area contributed by atoms with Gasteiger partial charge < -0.3 is 5.32 Å². The first kappa shape index (κ1) is 13.9. The molecule has 1 amide bonds. The average molecular weight is 268 g/mol. The highest BCUT2D eigenvalue weighted by Crippen LogP contribution is 2.37. The van der Waals surface area contributed by atoms with Gasteiger partial charge in [0.25, 0.3) is 5.91 Å². The normalized spacial score (nSPS) is 29.4. The molecule has 1 aliphatic carbocycles. The van der Waals surface area contributed by atoms with Crippen molar-refractivity contribution in [3.8, 4) is 0 Å². The predicted octanol–water partition coefficient (Wildman–Crippen LogP) is 3.34. The molecule has 4 heteroatoms. The minimum Gasteiger partial charge on any atom is -0.364 e. The molecule has 1 aliphatic heterocycles. The van der Waals surface area contributed by atoms with Gasteiger partial charge in [0.05, 0.1) is 0 Å². The third kappa shape index (κ3) is 3.28. The first-order valence-electron chi connectivity index (χ1n) is 7.20. The van der Waals surface area contributed by atoms with E-state index in [1.54, 1.807) is 11.8 Å². The number of nitrogens with one attached hydrogen (secondary N) is 1. The molecule has 2 rings (SSSR count). The van der Waals surface area contributed by atoms with E-state index >= 15 is 0 Å². The first-order valence-corrected chi connectivity index (χ1v) is 8.02. The zero-order chi connectivity index (χ0) is 13.0. The highest BCUT2D eigenvalue weighted by molar-refractivity contribution is 8.16. The van der Waals surface area contributed by atoms with E-state index in [1.807, 2.05) is 6.92 Å². The summed E-state index contributed by atoms with van der Waals surface area (Å²) in [7, 11) is 0. The number of carbonyl (C=O) groups excluding carboxylic acids is 1. The van der Waals surface area contributed by atoms with Crippen molar-refractivity contribution in [1.29, 1.82) is 0 Å².